The summed E-state index contributed by atoms with van der Waals surface area (Å²) < 4.78 is 7.64. The first-order valence-corrected chi connectivity index (χ1v) is 11.9. The van der Waals surface area contributed by atoms with Crippen LogP contribution in [0.2, 0.25) is 5.02 Å². The molecule has 0 bridgehead atoms. The molecule has 0 aliphatic carbocycles. The van der Waals surface area contributed by atoms with Gasteiger partial charge in [0.25, 0.3) is 5.91 Å². The molecule has 166 valence electrons. The van der Waals surface area contributed by atoms with E-state index in [0.717, 1.165) is 33.2 Å². The van der Waals surface area contributed by atoms with Gasteiger partial charge in [0.15, 0.2) is 4.96 Å². The maximum absolute atomic E-state index is 13.4. The summed E-state index contributed by atoms with van der Waals surface area (Å²) in [5.41, 5.74) is 4.72. The summed E-state index contributed by atoms with van der Waals surface area (Å²) in [5.74, 6) is 0.767. The van der Waals surface area contributed by atoms with Crippen molar-refractivity contribution in [3.05, 3.63) is 106 Å². The number of halogens is 1. The van der Waals surface area contributed by atoms with Crippen LogP contribution in [0.25, 0.3) is 16.2 Å². The molecule has 3 aromatic heterocycles. The number of benzene rings is 2. The number of nitrogens with zero attached hydrogens (tertiary/aromatic N) is 3. The van der Waals surface area contributed by atoms with Crippen LogP contribution in [0.4, 0.5) is 0 Å². The molecule has 1 amide bonds. The van der Waals surface area contributed by atoms with Crippen LogP contribution in [0.15, 0.2) is 82.9 Å². The lowest BCUT2D eigenvalue weighted by Gasteiger charge is -2.22. The Morgan fingerprint density at radius 3 is 2.70 bits per heavy atom. The Morgan fingerprint density at radius 1 is 1.12 bits per heavy atom. The summed E-state index contributed by atoms with van der Waals surface area (Å²) in [6.07, 6.45) is 4.39. The number of carbonyl (C=O) groups is 1. The Hall–Kier alpha value is -3.35. The fourth-order valence-electron chi connectivity index (χ4n) is 3.84. The molecule has 5 nitrogen and oxygen atoms in total. The number of imidazole rings is 1. The number of amides is 1. The highest BCUT2D eigenvalue weighted by Gasteiger charge is 2.20. The third-order valence-electron chi connectivity index (χ3n) is 5.65. The fourth-order valence-corrected chi connectivity index (χ4v) is 4.88. The number of carbonyl (C=O) groups excluding carboxylic acids is 1. The van der Waals surface area contributed by atoms with Crippen molar-refractivity contribution in [1.82, 2.24) is 14.3 Å². The second kappa shape index (κ2) is 9.25. The van der Waals surface area contributed by atoms with Gasteiger partial charge in [-0.05, 0) is 42.8 Å². The lowest BCUT2D eigenvalue weighted by atomic mass is 10.1. The van der Waals surface area contributed by atoms with Crippen LogP contribution in [0.3, 0.4) is 0 Å². The molecular weight excluding hydrogens is 454 g/mol. The van der Waals surface area contributed by atoms with Crippen molar-refractivity contribution >= 4 is 33.8 Å². The number of furan rings is 1. The maximum atomic E-state index is 13.4. The number of aryl methyl sites for hydroxylation is 1. The van der Waals surface area contributed by atoms with Crippen LogP contribution in [0, 0.1) is 6.92 Å². The zero-order valence-corrected chi connectivity index (χ0v) is 19.6. The first kappa shape index (κ1) is 21.5. The predicted molar refractivity (Wildman–Crippen MR) is 132 cm³/mol. The molecule has 0 saturated carbocycles. The molecule has 0 N–H and O–H groups in total. The third kappa shape index (κ3) is 4.58. The van der Waals surface area contributed by atoms with Gasteiger partial charge in [-0.2, -0.15) is 0 Å². The molecule has 7 heteroatoms. The molecule has 0 radical (unpaired) electrons. The first-order chi connectivity index (χ1) is 16.1. The lowest BCUT2D eigenvalue weighted by molar-refractivity contribution is 0.0732. The quantitative estimate of drug-likeness (QED) is 0.270. The molecule has 0 unspecified atom stereocenters. The molecule has 5 rings (SSSR count). The molecule has 2 aromatic carbocycles. The van der Waals surface area contributed by atoms with Crippen molar-refractivity contribution in [1.29, 1.82) is 0 Å². The average molecular weight is 476 g/mol. The van der Waals surface area contributed by atoms with Gasteiger partial charge in [-0.25, -0.2) is 4.98 Å². The van der Waals surface area contributed by atoms with Crippen LogP contribution < -0.4 is 0 Å². The van der Waals surface area contributed by atoms with Crippen LogP contribution >= 0.6 is 22.9 Å². The summed E-state index contributed by atoms with van der Waals surface area (Å²) in [4.78, 5) is 20.9. The SMILES string of the molecule is Cc1ccccc1C(=O)N(CCc1csc2nc(-c3ccc(Cl)cc3)cn12)Cc1ccco1. The molecule has 0 fully saturated rings. The van der Waals surface area contributed by atoms with E-state index in [1.165, 1.54) is 0 Å². The molecule has 5 aromatic rings. The second-order valence-corrected chi connectivity index (χ2v) is 9.16. The number of hydrogen-bond donors (Lipinski definition) is 0. The van der Waals surface area contributed by atoms with E-state index in [0.29, 0.717) is 30.1 Å². The average Bonchev–Trinajstić information content (AvgIpc) is 3.55. The van der Waals surface area contributed by atoms with Crippen molar-refractivity contribution in [2.75, 3.05) is 6.54 Å². The van der Waals surface area contributed by atoms with Gasteiger partial charge in [-0.1, -0.05) is 41.9 Å². The molecular formula is C26H22ClN3O2S. The van der Waals surface area contributed by atoms with Crippen molar-refractivity contribution in [3.63, 3.8) is 0 Å². The van der Waals surface area contributed by atoms with Crippen LogP contribution in [-0.2, 0) is 13.0 Å². The van der Waals surface area contributed by atoms with Crippen molar-refractivity contribution in [2.45, 2.75) is 19.9 Å². The van der Waals surface area contributed by atoms with Gasteiger partial charge in [-0.3, -0.25) is 9.20 Å². The van der Waals surface area contributed by atoms with E-state index < -0.39 is 0 Å². The van der Waals surface area contributed by atoms with E-state index in [-0.39, 0.29) is 5.91 Å². The van der Waals surface area contributed by atoms with Gasteiger partial charge >= 0.3 is 0 Å². The topological polar surface area (TPSA) is 50.8 Å². The van der Waals surface area contributed by atoms with Crippen molar-refractivity contribution in [3.8, 4) is 11.3 Å². The molecule has 0 spiro atoms. The summed E-state index contributed by atoms with van der Waals surface area (Å²) in [6, 6.07) is 19.1. The van der Waals surface area contributed by atoms with E-state index in [4.69, 9.17) is 21.0 Å². The predicted octanol–water partition coefficient (Wildman–Crippen LogP) is 6.50. The zero-order valence-electron chi connectivity index (χ0n) is 18.1. The Labute approximate surface area is 200 Å². The number of rotatable bonds is 7. The number of fused-ring (bicyclic) bond motifs is 1. The van der Waals surface area contributed by atoms with Gasteiger partial charge in [0.1, 0.15) is 5.76 Å². The van der Waals surface area contributed by atoms with Gasteiger partial charge in [0, 0.05) is 46.4 Å². The third-order valence-corrected chi connectivity index (χ3v) is 6.79. The van der Waals surface area contributed by atoms with E-state index in [1.807, 2.05) is 78.7 Å². The van der Waals surface area contributed by atoms with E-state index in [9.17, 15) is 4.79 Å². The summed E-state index contributed by atoms with van der Waals surface area (Å²) in [6.45, 7) is 2.95. The highest BCUT2D eigenvalue weighted by atomic mass is 35.5. The van der Waals surface area contributed by atoms with E-state index >= 15 is 0 Å². The van der Waals surface area contributed by atoms with Gasteiger partial charge in [0.2, 0.25) is 0 Å². The summed E-state index contributed by atoms with van der Waals surface area (Å²) in [5, 5.41) is 2.81. The maximum Gasteiger partial charge on any atom is 0.254 e. The van der Waals surface area contributed by atoms with Crippen LogP contribution in [0.5, 0.6) is 0 Å². The minimum Gasteiger partial charge on any atom is -0.467 e. The number of hydrogen-bond acceptors (Lipinski definition) is 4. The standard InChI is InChI=1S/C26H22ClN3O2S/c1-18-5-2-3-7-23(18)25(31)29(15-22-6-4-14-32-22)13-12-21-17-33-26-28-24(16-30(21)26)19-8-10-20(27)11-9-19/h2-11,14,16-17H,12-13,15H2,1H3. The Bertz CT molecular complexity index is 1390. The normalized spacial score (nSPS) is 11.2. The molecule has 3 heterocycles. The Balaban J connectivity index is 1.39. The minimum atomic E-state index is 0.00320. The lowest BCUT2D eigenvalue weighted by Crippen LogP contribution is -2.33. The van der Waals surface area contributed by atoms with Crippen LogP contribution in [-0.4, -0.2) is 26.7 Å². The summed E-state index contributed by atoms with van der Waals surface area (Å²) >= 11 is 7.62. The highest BCUT2D eigenvalue weighted by molar-refractivity contribution is 7.15. The smallest absolute Gasteiger partial charge is 0.254 e. The van der Waals surface area contributed by atoms with Gasteiger partial charge in [0.05, 0.1) is 18.5 Å². The fraction of sp³-hybridized carbons (Fsp3) is 0.154. The van der Waals surface area contributed by atoms with Crippen LogP contribution in [0.1, 0.15) is 27.4 Å². The summed E-state index contributed by atoms with van der Waals surface area (Å²) in [7, 11) is 0. The molecule has 33 heavy (non-hydrogen) atoms. The van der Waals surface area contributed by atoms with E-state index in [2.05, 4.69) is 9.78 Å². The Kier molecular flexibility index (Phi) is 6.03. The largest absolute Gasteiger partial charge is 0.467 e. The molecule has 0 atom stereocenters. The second-order valence-electron chi connectivity index (χ2n) is 7.88. The Morgan fingerprint density at radius 2 is 1.94 bits per heavy atom. The zero-order chi connectivity index (χ0) is 22.8. The van der Waals surface area contributed by atoms with Gasteiger partial charge in [-0.15, -0.1) is 11.3 Å². The minimum absolute atomic E-state index is 0.00320. The number of aromatic nitrogens is 2. The highest BCUT2D eigenvalue weighted by Crippen LogP contribution is 2.25. The molecule has 0 saturated heterocycles. The number of thiazole rings is 1. The van der Waals surface area contributed by atoms with Gasteiger partial charge < -0.3 is 9.32 Å². The molecule has 0 aliphatic heterocycles. The van der Waals surface area contributed by atoms with Crippen molar-refractivity contribution < 1.29 is 9.21 Å². The molecule has 0 aliphatic rings. The first-order valence-electron chi connectivity index (χ1n) is 10.7. The monoisotopic (exact) mass is 475 g/mol. The van der Waals surface area contributed by atoms with Crippen molar-refractivity contribution in [2.24, 2.45) is 0 Å². The van der Waals surface area contributed by atoms with E-state index in [1.54, 1.807) is 17.6 Å².